The second-order valence-electron chi connectivity index (χ2n) is 5.64. The van der Waals surface area contributed by atoms with E-state index in [1.165, 1.54) is 0 Å². The summed E-state index contributed by atoms with van der Waals surface area (Å²) in [5.74, 6) is -0.329. The molecule has 116 valence electrons. The number of halogens is 1. The molecule has 1 aromatic heterocycles. The third kappa shape index (κ3) is 3.03. The Kier molecular flexibility index (Phi) is 4.38. The van der Waals surface area contributed by atoms with Gasteiger partial charge in [0, 0.05) is 43.1 Å². The van der Waals surface area contributed by atoms with E-state index in [0.29, 0.717) is 26.3 Å². The van der Waals surface area contributed by atoms with Gasteiger partial charge in [-0.3, -0.25) is 4.79 Å². The fourth-order valence-electron chi connectivity index (χ4n) is 3.08. The summed E-state index contributed by atoms with van der Waals surface area (Å²) in [4.78, 5) is 14.6. The highest BCUT2D eigenvalue weighted by molar-refractivity contribution is 9.10. The zero-order valence-electron chi connectivity index (χ0n) is 12.3. The highest BCUT2D eigenvalue weighted by Gasteiger charge is 2.41. The van der Waals surface area contributed by atoms with Crippen molar-refractivity contribution < 1.29 is 14.3 Å². The van der Waals surface area contributed by atoms with Gasteiger partial charge in [0.2, 0.25) is 0 Å². The maximum absolute atomic E-state index is 12.7. The standard InChI is InChI=1S/C15H21BrN2O3/c1-2-5-18-11-12(16)10-13(18)14(19)17-6-3-15(4-7-17)20-8-9-21-15/h10-11H,2-9H2,1H3. The lowest BCUT2D eigenvalue weighted by atomic mass is 10.0. The van der Waals surface area contributed by atoms with Crippen LogP contribution in [0.2, 0.25) is 0 Å². The predicted molar refractivity (Wildman–Crippen MR) is 82.2 cm³/mol. The summed E-state index contributed by atoms with van der Waals surface area (Å²) in [6, 6.07) is 1.91. The van der Waals surface area contributed by atoms with E-state index in [9.17, 15) is 4.79 Å². The average Bonchev–Trinajstić information content (AvgIpc) is 3.07. The first-order valence-electron chi connectivity index (χ1n) is 7.56. The molecule has 0 N–H and O–H groups in total. The van der Waals surface area contributed by atoms with E-state index in [2.05, 4.69) is 22.9 Å². The summed E-state index contributed by atoms with van der Waals surface area (Å²) < 4.78 is 14.4. The number of carbonyl (C=O) groups excluding carboxylic acids is 1. The summed E-state index contributed by atoms with van der Waals surface area (Å²) in [5.41, 5.74) is 0.757. The van der Waals surface area contributed by atoms with Crippen molar-refractivity contribution in [2.75, 3.05) is 26.3 Å². The van der Waals surface area contributed by atoms with Crippen molar-refractivity contribution >= 4 is 21.8 Å². The minimum atomic E-state index is -0.428. The van der Waals surface area contributed by atoms with Crippen LogP contribution in [0.3, 0.4) is 0 Å². The molecule has 2 saturated heterocycles. The number of piperidine rings is 1. The third-order valence-electron chi connectivity index (χ3n) is 4.17. The van der Waals surface area contributed by atoms with Gasteiger partial charge in [-0.15, -0.1) is 0 Å². The molecule has 1 aromatic rings. The van der Waals surface area contributed by atoms with E-state index in [4.69, 9.17) is 9.47 Å². The molecule has 0 saturated carbocycles. The van der Waals surface area contributed by atoms with Gasteiger partial charge in [0.15, 0.2) is 5.79 Å². The van der Waals surface area contributed by atoms with Crippen LogP contribution in [0, 0.1) is 0 Å². The molecule has 21 heavy (non-hydrogen) atoms. The number of carbonyl (C=O) groups is 1. The van der Waals surface area contributed by atoms with Crippen LogP contribution < -0.4 is 0 Å². The maximum atomic E-state index is 12.7. The number of nitrogens with zero attached hydrogens (tertiary/aromatic N) is 2. The lowest BCUT2D eigenvalue weighted by Crippen LogP contribution is -2.47. The van der Waals surface area contributed by atoms with Crippen molar-refractivity contribution in [1.82, 2.24) is 9.47 Å². The van der Waals surface area contributed by atoms with Gasteiger partial charge in [-0.1, -0.05) is 6.92 Å². The minimum Gasteiger partial charge on any atom is -0.347 e. The second kappa shape index (κ2) is 6.10. The molecule has 0 bridgehead atoms. The van der Waals surface area contributed by atoms with Gasteiger partial charge in [-0.05, 0) is 28.4 Å². The third-order valence-corrected chi connectivity index (χ3v) is 4.61. The van der Waals surface area contributed by atoms with E-state index in [1.807, 2.05) is 21.7 Å². The normalized spacial score (nSPS) is 21.1. The topological polar surface area (TPSA) is 43.7 Å². The number of amides is 1. The van der Waals surface area contributed by atoms with Crippen molar-refractivity contribution in [2.24, 2.45) is 0 Å². The fraction of sp³-hybridized carbons (Fsp3) is 0.667. The molecule has 0 radical (unpaired) electrons. The molecule has 1 spiro atoms. The molecule has 0 atom stereocenters. The Morgan fingerprint density at radius 1 is 1.33 bits per heavy atom. The Hall–Kier alpha value is -0.850. The molecule has 0 aliphatic carbocycles. The van der Waals surface area contributed by atoms with Crippen molar-refractivity contribution in [1.29, 1.82) is 0 Å². The van der Waals surface area contributed by atoms with Gasteiger partial charge in [0.1, 0.15) is 5.69 Å². The summed E-state index contributed by atoms with van der Waals surface area (Å²) in [6.07, 6.45) is 4.50. The maximum Gasteiger partial charge on any atom is 0.270 e. The molecular weight excluding hydrogens is 336 g/mol. The molecular formula is C15H21BrN2O3. The number of aromatic nitrogens is 1. The van der Waals surface area contributed by atoms with E-state index < -0.39 is 5.79 Å². The molecule has 2 aliphatic rings. The Morgan fingerprint density at radius 2 is 2.00 bits per heavy atom. The van der Waals surface area contributed by atoms with E-state index >= 15 is 0 Å². The number of ether oxygens (including phenoxy) is 2. The highest BCUT2D eigenvalue weighted by Crippen LogP contribution is 2.32. The Labute approximate surface area is 133 Å². The zero-order valence-corrected chi connectivity index (χ0v) is 13.9. The van der Waals surface area contributed by atoms with Crippen LogP contribution in [0.15, 0.2) is 16.7 Å². The van der Waals surface area contributed by atoms with E-state index in [-0.39, 0.29) is 5.91 Å². The molecule has 3 rings (SSSR count). The smallest absolute Gasteiger partial charge is 0.270 e. The number of aryl methyl sites for hydroxylation is 1. The van der Waals surface area contributed by atoms with Gasteiger partial charge < -0.3 is 18.9 Å². The Bertz CT molecular complexity index is 513. The average molecular weight is 357 g/mol. The molecule has 6 heteroatoms. The van der Waals surface area contributed by atoms with Crippen LogP contribution >= 0.6 is 15.9 Å². The number of likely N-dealkylation sites (tertiary alicyclic amines) is 1. The van der Waals surface area contributed by atoms with Crippen molar-refractivity contribution in [3.05, 3.63) is 22.4 Å². The van der Waals surface area contributed by atoms with Gasteiger partial charge in [0.05, 0.1) is 13.2 Å². The zero-order chi connectivity index (χ0) is 14.9. The molecule has 2 aliphatic heterocycles. The van der Waals surface area contributed by atoms with Gasteiger partial charge in [-0.25, -0.2) is 0 Å². The summed E-state index contributed by atoms with van der Waals surface area (Å²) >= 11 is 3.46. The van der Waals surface area contributed by atoms with E-state index in [1.54, 1.807) is 0 Å². The van der Waals surface area contributed by atoms with Crippen LogP contribution in [0.5, 0.6) is 0 Å². The van der Waals surface area contributed by atoms with Crippen LogP contribution in [0.25, 0.3) is 0 Å². The van der Waals surface area contributed by atoms with Crippen molar-refractivity contribution in [3.63, 3.8) is 0 Å². The second-order valence-corrected chi connectivity index (χ2v) is 6.55. The first-order chi connectivity index (χ1) is 10.1. The van der Waals surface area contributed by atoms with Crippen molar-refractivity contribution in [2.45, 2.75) is 38.5 Å². The number of hydrogen-bond donors (Lipinski definition) is 0. The molecule has 5 nitrogen and oxygen atoms in total. The van der Waals surface area contributed by atoms with Crippen LogP contribution in [0.4, 0.5) is 0 Å². The lowest BCUT2D eigenvalue weighted by Gasteiger charge is -2.37. The lowest BCUT2D eigenvalue weighted by molar-refractivity contribution is -0.181. The van der Waals surface area contributed by atoms with Crippen LogP contribution in [-0.4, -0.2) is 47.5 Å². The molecule has 0 aromatic carbocycles. The SMILES string of the molecule is CCCn1cc(Br)cc1C(=O)N1CCC2(CC1)OCCO2. The first-order valence-corrected chi connectivity index (χ1v) is 8.36. The van der Waals surface area contributed by atoms with Gasteiger partial charge in [0.25, 0.3) is 5.91 Å². The quantitative estimate of drug-likeness (QED) is 0.836. The highest BCUT2D eigenvalue weighted by atomic mass is 79.9. The van der Waals surface area contributed by atoms with E-state index in [0.717, 1.165) is 36.0 Å². The predicted octanol–water partition coefficient (Wildman–Crippen LogP) is 2.64. The van der Waals surface area contributed by atoms with Gasteiger partial charge >= 0.3 is 0 Å². The summed E-state index contributed by atoms with van der Waals surface area (Å²) in [6.45, 7) is 5.68. The Morgan fingerprint density at radius 3 is 2.62 bits per heavy atom. The number of hydrogen-bond acceptors (Lipinski definition) is 3. The van der Waals surface area contributed by atoms with Crippen LogP contribution in [0.1, 0.15) is 36.7 Å². The van der Waals surface area contributed by atoms with Crippen LogP contribution in [-0.2, 0) is 16.0 Å². The van der Waals surface area contributed by atoms with Crippen molar-refractivity contribution in [3.8, 4) is 0 Å². The molecule has 3 heterocycles. The fourth-order valence-corrected chi connectivity index (χ4v) is 3.54. The largest absolute Gasteiger partial charge is 0.347 e. The monoisotopic (exact) mass is 356 g/mol. The van der Waals surface area contributed by atoms with Gasteiger partial charge in [-0.2, -0.15) is 0 Å². The minimum absolute atomic E-state index is 0.0991. The summed E-state index contributed by atoms with van der Waals surface area (Å²) in [7, 11) is 0. The molecule has 0 unspecified atom stereocenters. The summed E-state index contributed by atoms with van der Waals surface area (Å²) in [5, 5.41) is 0. The first kappa shape index (κ1) is 15.1. The molecule has 1 amide bonds. The molecule has 2 fully saturated rings. The number of rotatable bonds is 3. The Balaban J connectivity index is 1.69.